The second-order valence-electron chi connectivity index (χ2n) is 9.54. The Bertz CT molecular complexity index is 1300. The lowest BCUT2D eigenvalue weighted by Crippen LogP contribution is -2.50. The van der Waals surface area contributed by atoms with Crippen LogP contribution in [0.5, 0.6) is 0 Å². The van der Waals surface area contributed by atoms with Crippen molar-refractivity contribution >= 4 is 17.9 Å². The number of ether oxygens (including phenoxy) is 1. The maximum absolute atomic E-state index is 13.9. The zero-order chi connectivity index (χ0) is 29.0. The standard InChI is InChI=1S/C28H30F4N4O4/c1-3-40-26(38)23-22(34(2)27(39)33-24(23)20-7-4-5-8-21(20)28(30,31)32)17-35-13-6-14-36(16-15-35)25(37)18-9-11-19(29)12-10-18/h4-5,7-12,24H,3,6,13-17H2,1-2H3,(H,33,39)/t24-/m1/s1. The maximum atomic E-state index is 13.9. The summed E-state index contributed by atoms with van der Waals surface area (Å²) in [5.74, 6) is -1.51. The molecule has 2 aliphatic rings. The molecule has 0 bridgehead atoms. The van der Waals surface area contributed by atoms with Crippen LogP contribution in [0.25, 0.3) is 0 Å². The fraction of sp³-hybridized carbons (Fsp3) is 0.393. The van der Waals surface area contributed by atoms with Gasteiger partial charge in [-0.25, -0.2) is 14.0 Å². The molecule has 2 aromatic carbocycles. The van der Waals surface area contributed by atoms with E-state index in [1.54, 1.807) is 11.8 Å². The van der Waals surface area contributed by atoms with E-state index in [4.69, 9.17) is 4.74 Å². The van der Waals surface area contributed by atoms with Crippen molar-refractivity contribution in [3.05, 3.63) is 82.3 Å². The van der Waals surface area contributed by atoms with Gasteiger partial charge in [0, 0.05) is 51.0 Å². The molecule has 0 unspecified atom stereocenters. The van der Waals surface area contributed by atoms with E-state index in [2.05, 4.69) is 5.32 Å². The largest absolute Gasteiger partial charge is 0.463 e. The first-order valence-electron chi connectivity index (χ1n) is 12.9. The van der Waals surface area contributed by atoms with Crippen LogP contribution in [0.3, 0.4) is 0 Å². The lowest BCUT2D eigenvalue weighted by Gasteiger charge is -2.37. The third-order valence-electron chi connectivity index (χ3n) is 6.99. The maximum Gasteiger partial charge on any atom is 0.416 e. The molecular weight excluding hydrogens is 532 g/mol. The number of esters is 1. The lowest BCUT2D eigenvalue weighted by molar-refractivity contribution is -0.141. The fourth-order valence-electron chi connectivity index (χ4n) is 4.96. The average molecular weight is 563 g/mol. The van der Waals surface area contributed by atoms with Crippen LogP contribution in [0, 0.1) is 5.82 Å². The van der Waals surface area contributed by atoms with E-state index < -0.39 is 35.6 Å². The van der Waals surface area contributed by atoms with Crippen molar-refractivity contribution < 1.29 is 36.7 Å². The molecule has 2 aliphatic heterocycles. The van der Waals surface area contributed by atoms with Gasteiger partial charge in [-0.3, -0.25) is 14.6 Å². The number of hydrogen-bond acceptors (Lipinski definition) is 5. The Balaban J connectivity index is 1.65. The number of nitrogens with one attached hydrogen (secondary N) is 1. The molecule has 2 heterocycles. The van der Waals surface area contributed by atoms with Crippen molar-refractivity contribution in [2.75, 3.05) is 46.4 Å². The molecule has 1 saturated heterocycles. The van der Waals surface area contributed by atoms with Gasteiger partial charge in [-0.05, 0) is 49.2 Å². The van der Waals surface area contributed by atoms with E-state index in [9.17, 15) is 31.9 Å². The number of rotatable bonds is 6. The molecule has 0 aliphatic carbocycles. The Labute approximate surface area is 229 Å². The van der Waals surface area contributed by atoms with Crippen LogP contribution in [-0.2, 0) is 15.7 Å². The van der Waals surface area contributed by atoms with Gasteiger partial charge < -0.3 is 15.0 Å². The minimum Gasteiger partial charge on any atom is -0.463 e. The summed E-state index contributed by atoms with van der Waals surface area (Å²) in [4.78, 5) is 43.9. The minimum absolute atomic E-state index is 0.00885. The molecule has 1 fully saturated rings. The van der Waals surface area contributed by atoms with E-state index in [0.29, 0.717) is 38.2 Å². The summed E-state index contributed by atoms with van der Waals surface area (Å²) in [6, 6.07) is 8.05. The Morgan fingerprint density at radius 1 is 1.02 bits per heavy atom. The number of alkyl halides is 3. The number of amides is 3. The zero-order valence-corrected chi connectivity index (χ0v) is 22.1. The topological polar surface area (TPSA) is 82.2 Å². The molecule has 2 aromatic rings. The Kier molecular flexibility index (Phi) is 8.77. The van der Waals surface area contributed by atoms with Gasteiger partial charge in [-0.15, -0.1) is 0 Å². The van der Waals surface area contributed by atoms with Crippen LogP contribution in [0.15, 0.2) is 59.8 Å². The summed E-state index contributed by atoms with van der Waals surface area (Å²) in [6.45, 7) is 3.30. The molecule has 1 N–H and O–H groups in total. The summed E-state index contributed by atoms with van der Waals surface area (Å²) >= 11 is 0. The molecule has 0 radical (unpaired) electrons. The van der Waals surface area contributed by atoms with Gasteiger partial charge in [0.15, 0.2) is 0 Å². The molecule has 12 heteroatoms. The van der Waals surface area contributed by atoms with Crippen molar-refractivity contribution in [1.82, 2.24) is 20.0 Å². The highest BCUT2D eigenvalue weighted by molar-refractivity contribution is 5.95. The van der Waals surface area contributed by atoms with Gasteiger partial charge in [0.25, 0.3) is 5.91 Å². The van der Waals surface area contributed by atoms with E-state index >= 15 is 0 Å². The number of benzene rings is 2. The lowest BCUT2D eigenvalue weighted by atomic mass is 9.90. The molecule has 3 amide bonds. The predicted octanol–water partition coefficient (Wildman–Crippen LogP) is 4.21. The SMILES string of the molecule is CCOC(=O)C1=C(CN2CCCN(C(=O)c3ccc(F)cc3)CC2)N(C)C(=O)N[C@@H]1c1ccccc1C(F)(F)F. The van der Waals surface area contributed by atoms with Gasteiger partial charge in [-0.1, -0.05) is 18.2 Å². The van der Waals surface area contributed by atoms with Gasteiger partial charge in [0.1, 0.15) is 5.82 Å². The van der Waals surface area contributed by atoms with Crippen molar-refractivity contribution in [1.29, 1.82) is 0 Å². The Morgan fingerprint density at radius 2 is 1.73 bits per heavy atom. The summed E-state index contributed by atoms with van der Waals surface area (Å²) in [6.07, 6.45) is -4.14. The zero-order valence-electron chi connectivity index (χ0n) is 22.1. The second kappa shape index (κ2) is 12.1. The van der Waals surface area contributed by atoms with Crippen LogP contribution in [0.1, 0.15) is 40.9 Å². The highest BCUT2D eigenvalue weighted by Gasteiger charge is 2.42. The number of likely N-dealkylation sites (N-methyl/N-ethyl adjacent to an activating group) is 1. The summed E-state index contributed by atoms with van der Waals surface area (Å²) < 4.78 is 60.2. The monoisotopic (exact) mass is 562 g/mol. The number of urea groups is 1. The molecule has 4 rings (SSSR count). The number of carbonyl (C=O) groups excluding carboxylic acids is 3. The first kappa shape index (κ1) is 29.1. The van der Waals surface area contributed by atoms with Crippen LogP contribution in [-0.4, -0.2) is 79.0 Å². The third-order valence-corrected chi connectivity index (χ3v) is 6.99. The highest BCUT2D eigenvalue weighted by Crippen LogP contribution is 2.39. The normalized spacial score (nSPS) is 18.9. The molecular formula is C28H30F4N4O4. The fourth-order valence-corrected chi connectivity index (χ4v) is 4.96. The molecule has 40 heavy (non-hydrogen) atoms. The summed E-state index contributed by atoms with van der Waals surface area (Å²) in [5.41, 5.74) is -0.719. The second-order valence-corrected chi connectivity index (χ2v) is 9.54. The quantitative estimate of drug-likeness (QED) is 0.422. The minimum atomic E-state index is -4.71. The summed E-state index contributed by atoms with van der Waals surface area (Å²) in [7, 11) is 1.44. The van der Waals surface area contributed by atoms with E-state index in [1.165, 1.54) is 54.4 Å². The Morgan fingerprint density at radius 3 is 2.40 bits per heavy atom. The molecule has 0 saturated carbocycles. The number of hydrogen-bond donors (Lipinski definition) is 1. The van der Waals surface area contributed by atoms with Crippen LogP contribution < -0.4 is 5.32 Å². The molecule has 0 aromatic heterocycles. The molecule has 214 valence electrons. The first-order chi connectivity index (χ1) is 19.0. The van der Waals surface area contributed by atoms with Gasteiger partial charge in [0.05, 0.1) is 23.8 Å². The van der Waals surface area contributed by atoms with Crippen LogP contribution >= 0.6 is 0 Å². The van der Waals surface area contributed by atoms with Gasteiger partial charge >= 0.3 is 18.2 Å². The van der Waals surface area contributed by atoms with Crippen LogP contribution in [0.2, 0.25) is 0 Å². The molecule has 8 nitrogen and oxygen atoms in total. The van der Waals surface area contributed by atoms with E-state index in [0.717, 1.165) is 6.07 Å². The highest BCUT2D eigenvalue weighted by atomic mass is 19.4. The van der Waals surface area contributed by atoms with Crippen molar-refractivity contribution in [3.8, 4) is 0 Å². The van der Waals surface area contributed by atoms with Crippen LogP contribution in [0.4, 0.5) is 22.4 Å². The number of halogens is 4. The molecule has 1 atom stereocenters. The van der Waals surface area contributed by atoms with E-state index in [1.807, 2.05) is 4.90 Å². The molecule has 0 spiro atoms. The summed E-state index contributed by atoms with van der Waals surface area (Å²) in [5, 5.41) is 2.54. The average Bonchev–Trinajstić information content (AvgIpc) is 3.16. The van der Waals surface area contributed by atoms with Gasteiger partial charge in [-0.2, -0.15) is 13.2 Å². The number of nitrogens with zero attached hydrogens (tertiary/aromatic N) is 3. The Hall–Kier alpha value is -3.93. The van der Waals surface area contributed by atoms with Crippen molar-refractivity contribution in [2.24, 2.45) is 0 Å². The number of carbonyl (C=O) groups is 3. The van der Waals surface area contributed by atoms with E-state index in [-0.39, 0.29) is 35.9 Å². The van der Waals surface area contributed by atoms with Crippen molar-refractivity contribution in [3.63, 3.8) is 0 Å². The van der Waals surface area contributed by atoms with Gasteiger partial charge in [0.2, 0.25) is 0 Å². The predicted molar refractivity (Wildman–Crippen MR) is 137 cm³/mol. The van der Waals surface area contributed by atoms with Crippen molar-refractivity contribution in [2.45, 2.75) is 25.6 Å². The smallest absolute Gasteiger partial charge is 0.416 e. The third kappa shape index (κ3) is 6.27. The first-order valence-corrected chi connectivity index (χ1v) is 12.9.